The Balaban J connectivity index is 2.15. The highest BCUT2D eigenvalue weighted by Crippen LogP contribution is 2.24. The summed E-state index contributed by atoms with van der Waals surface area (Å²) in [5, 5.41) is 10.5. The summed E-state index contributed by atoms with van der Waals surface area (Å²) in [4.78, 5) is 24.6. The quantitative estimate of drug-likeness (QED) is 0.605. The Morgan fingerprint density at radius 2 is 2.00 bits per heavy atom. The Bertz CT molecular complexity index is 648. The first-order valence-corrected chi connectivity index (χ1v) is 7.87. The molecule has 0 saturated carbocycles. The topological polar surface area (TPSA) is 110 Å². The Morgan fingerprint density at radius 3 is 2.43 bits per heavy atom. The van der Waals surface area contributed by atoms with Gasteiger partial charge in [-0.15, -0.1) is 0 Å². The first kappa shape index (κ1) is 15.5. The Kier molecular flexibility index (Phi) is 4.33. The lowest BCUT2D eigenvalue weighted by Gasteiger charge is -2.29. The molecule has 0 aliphatic carbocycles. The molecule has 1 fully saturated rings. The van der Waals surface area contributed by atoms with Crippen molar-refractivity contribution in [3.8, 4) is 0 Å². The number of nitro groups is 1. The van der Waals surface area contributed by atoms with Crippen molar-refractivity contribution in [2.24, 2.45) is 5.92 Å². The first-order valence-electron chi connectivity index (χ1n) is 6.43. The predicted molar refractivity (Wildman–Crippen MR) is 73.1 cm³/mol. The first-order chi connectivity index (χ1) is 9.82. The van der Waals surface area contributed by atoms with Gasteiger partial charge in [-0.2, -0.15) is 4.31 Å². The normalized spacial score (nSPS) is 17.6. The van der Waals surface area contributed by atoms with Gasteiger partial charge in [0.15, 0.2) is 6.20 Å². The Hall–Kier alpha value is -1.87. The molecule has 1 aliphatic rings. The van der Waals surface area contributed by atoms with Crippen LogP contribution < -0.4 is 0 Å². The van der Waals surface area contributed by atoms with E-state index in [1.165, 1.54) is 17.3 Å². The lowest BCUT2D eigenvalue weighted by molar-refractivity contribution is -0.389. The van der Waals surface area contributed by atoms with E-state index in [9.17, 15) is 23.3 Å². The third-order valence-electron chi connectivity index (χ3n) is 3.57. The molecule has 0 N–H and O–H groups in total. The molecule has 1 saturated heterocycles. The number of pyridine rings is 1. The largest absolute Gasteiger partial charge is 0.363 e. The minimum absolute atomic E-state index is 0.0732. The maximum Gasteiger partial charge on any atom is 0.363 e. The van der Waals surface area contributed by atoms with E-state index in [-0.39, 0.29) is 29.7 Å². The van der Waals surface area contributed by atoms with E-state index in [1.807, 2.05) is 0 Å². The SMILES string of the molecule is CC(=O)C1CCN(S(=O)(=O)c2ccc([N+](=O)[O-])nc2)CC1. The van der Waals surface area contributed by atoms with E-state index < -0.39 is 20.8 Å². The second kappa shape index (κ2) is 5.86. The zero-order chi connectivity index (χ0) is 15.6. The van der Waals surface area contributed by atoms with Crippen LogP contribution in [0.15, 0.2) is 23.2 Å². The summed E-state index contributed by atoms with van der Waals surface area (Å²) >= 11 is 0. The van der Waals surface area contributed by atoms with Crippen molar-refractivity contribution in [3.63, 3.8) is 0 Å². The molecule has 9 heteroatoms. The summed E-state index contributed by atoms with van der Waals surface area (Å²) in [5.74, 6) is -0.417. The van der Waals surface area contributed by atoms with Crippen molar-refractivity contribution in [3.05, 3.63) is 28.4 Å². The summed E-state index contributed by atoms with van der Waals surface area (Å²) < 4.78 is 26.0. The molecule has 2 rings (SSSR count). The predicted octanol–water partition coefficient (Wildman–Crippen LogP) is 0.980. The molecule has 1 aromatic heterocycles. The van der Waals surface area contributed by atoms with Crippen LogP contribution in [0.2, 0.25) is 0 Å². The third-order valence-corrected chi connectivity index (χ3v) is 5.46. The fourth-order valence-electron chi connectivity index (χ4n) is 2.28. The lowest BCUT2D eigenvalue weighted by Crippen LogP contribution is -2.39. The van der Waals surface area contributed by atoms with Gasteiger partial charge in [-0.25, -0.2) is 8.42 Å². The summed E-state index contributed by atoms with van der Waals surface area (Å²) in [6.45, 7) is 2.04. The van der Waals surface area contributed by atoms with E-state index in [1.54, 1.807) is 0 Å². The van der Waals surface area contributed by atoms with E-state index >= 15 is 0 Å². The second-order valence-corrected chi connectivity index (χ2v) is 6.84. The van der Waals surface area contributed by atoms with Crippen LogP contribution in [-0.4, -0.2) is 41.5 Å². The van der Waals surface area contributed by atoms with Crippen LogP contribution >= 0.6 is 0 Å². The molecule has 8 nitrogen and oxygen atoms in total. The molecule has 0 aromatic carbocycles. The number of hydrogen-bond acceptors (Lipinski definition) is 6. The number of aromatic nitrogens is 1. The number of carbonyl (C=O) groups is 1. The smallest absolute Gasteiger partial charge is 0.358 e. The zero-order valence-corrected chi connectivity index (χ0v) is 12.2. The van der Waals surface area contributed by atoms with Crippen molar-refractivity contribution >= 4 is 21.6 Å². The molecule has 2 heterocycles. The van der Waals surface area contributed by atoms with Crippen molar-refractivity contribution in [1.82, 2.24) is 9.29 Å². The molecule has 1 aromatic rings. The minimum Gasteiger partial charge on any atom is -0.358 e. The summed E-state index contributed by atoms with van der Waals surface area (Å²) in [6.07, 6.45) is 1.98. The maximum absolute atomic E-state index is 12.4. The van der Waals surface area contributed by atoms with Crippen LogP contribution in [0.25, 0.3) is 0 Å². The van der Waals surface area contributed by atoms with Crippen molar-refractivity contribution < 1.29 is 18.1 Å². The van der Waals surface area contributed by atoms with E-state index in [0.29, 0.717) is 12.8 Å². The molecule has 0 bridgehead atoms. The molecule has 0 spiro atoms. The van der Waals surface area contributed by atoms with Gasteiger partial charge in [0.25, 0.3) is 0 Å². The van der Waals surface area contributed by atoms with Crippen LogP contribution in [0.5, 0.6) is 0 Å². The van der Waals surface area contributed by atoms with E-state index in [4.69, 9.17) is 0 Å². The molecule has 0 amide bonds. The molecule has 21 heavy (non-hydrogen) atoms. The number of ketones is 1. The average molecular weight is 313 g/mol. The van der Waals surface area contributed by atoms with Gasteiger partial charge in [-0.05, 0) is 35.7 Å². The van der Waals surface area contributed by atoms with Gasteiger partial charge in [0.2, 0.25) is 10.0 Å². The van der Waals surface area contributed by atoms with Crippen molar-refractivity contribution in [1.29, 1.82) is 0 Å². The van der Waals surface area contributed by atoms with Gasteiger partial charge in [0, 0.05) is 25.1 Å². The second-order valence-electron chi connectivity index (χ2n) is 4.90. The number of rotatable bonds is 4. The summed E-state index contributed by atoms with van der Waals surface area (Å²) in [7, 11) is -3.72. The van der Waals surface area contributed by atoms with Gasteiger partial charge < -0.3 is 10.1 Å². The molecule has 114 valence electrons. The number of Topliss-reactive ketones (excluding diaryl/α,β-unsaturated/α-hetero) is 1. The van der Waals surface area contributed by atoms with Crippen LogP contribution in [0.3, 0.4) is 0 Å². The number of nitrogens with zero attached hydrogens (tertiary/aromatic N) is 3. The van der Waals surface area contributed by atoms with Crippen LogP contribution in [0.4, 0.5) is 5.82 Å². The van der Waals surface area contributed by atoms with E-state index in [0.717, 1.165) is 12.3 Å². The van der Waals surface area contributed by atoms with Crippen LogP contribution in [-0.2, 0) is 14.8 Å². The monoisotopic (exact) mass is 313 g/mol. The molecular weight excluding hydrogens is 298 g/mol. The number of hydrogen-bond donors (Lipinski definition) is 0. The van der Waals surface area contributed by atoms with Gasteiger partial charge in [0.05, 0.1) is 0 Å². The molecule has 0 radical (unpaired) electrons. The standard InChI is InChI=1S/C12H15N3O5S/c1-9(16)10-4-6-14(7-5-10)21(19,20)11-2-3-12(13-8-11)15(17)18/h2-3,8,10H,4-7H2,1H3. The maximum atomic E-state index is 12.4. The van der Waals surface area contributed by atoms with Gasteiger partial charge >= 0.3 is 5.82 Å². The van der Waals surface area contributed by atoms with Crippen molar-refractivity contribution in [2.75, 3.05) is 13.1 Å². The Morgan fingerprint density at radius 1 is 1.38 bits per heavy atom. The zero-order valence-electron chi connectivity index (χ0n) is 11.4. The lowest BCUT2D eigenvalue weighted by atomic mass is 9.95. The third kappa shape index (κ3) is 3.24. The van der Waals surface area contributed by atoms with Crippen LogP contribution in [0, 0.1) is 16.0 Å². The van der Waals surface area contributed by atoms with Gasteiger partial charge in [-0.3, -0.25) is 4.79 Å². The number of sulfonamides is 1. The average Bonchev–Trinajstić information content (AvgIpc) is 2.47. The Labute approximate surface area is 122 Å². The highest BCUT2D eigenvalue weighted by molar-refractivity contribution is 7.89. The highest BCUT2D eigenvalue weighted by Gasteiger charge is 2.31. The molecule has 0 unspecified atom stereocenters. The molecular formula is C12H15N3O5S. The fourth-order valence-corrected chi connectivity index (χ4v) is 3.70. The molecule has 1 aliphatic heterocycles. The highest BCUT2D eigenvalue weighted by atomic mass is 32.2. The molecule has 0 atom stereocenters. The van der Waals surface area contributed by atoms with Crippen molar-refractivity contribution in [2.45, 2.75) is 24.7 Å². The number of carbonyl (C=O) groups excluding carboxylic acids is 1. The fraction of sp³-hybridized carbons (Fsp3) is 0.500. The minimum atomic E-state index is -3.72. The van der Waals surface area contributed by atoms with E-state index in [2.05, 4.69) is 4.98 Å². The number of piperidine rings is 1. The van der Waals surface area contributed by atoms with Gasteiger partial charge in [0.1, 0.15) is 10.7 Å². The summed E-state index contributed by atoms with van der Waals surface area (Å²) in [6, 6.07) is 2.24. The van der Waals surface area contributed by atoms with Gasteiger partial charge in [-0.1, -0.05) is 0 Å². The summed E-state index contributed by atoms with van der Waals surface area (Å²) in [5.41, 5.74) is 0. The van der Waals surface area contributed by atoms with Crippen LogP contribution in [0.1, 0.15) is 19.8 Å².